The van der Waals surface area contributed by atoms with Gasteiger partial charge < -0.3 is 20.6 Å². The number of aliphatic hydroxyl groups is 1. The average molecular weight is 392 g/mol. The van der Waals surface area contributed by atoms with Gasteiger partial charge in [0.25, 0.3) is 0 Å². The van der Waals surface area contributed by atoms with Gasteiger partial charge in [0.1, 0.15) is 0 Å². The van der Waals surface area contributed by atoms with Crippen molar-refractivity contribution < 1.29 is 9.84 Å². The first-order valence-electron chi connectivity index (χ1n) is 10.2. The topological polar surface area (TPSA) is 84.7 Å². The van der Waals surface area contributed by atoms with Crippen LogP contribution >= 0.6 is 0 Å². The summed E-state index contributed by atoms with van der Waals surface area (Å²) >= 11 is 0. The van der Waals surface area contributed by atoms with Crippen LogP contribution in [0.1, 0.15) is 51.7 Å². The minimum atomic E-state index is 0.605. The molecule has 5 heteroatoms. The van der Waals surface area contributed by atoms with Gasteiger partial charge in [0.2, 0.25) is 0 Å². The monoisotopic (exact) mass is 391 g/mol. The molecule has 0 unspecified atom stereocenters. The second-order valence-corrected chi connectivity index (χ2v) is 7.25. The van der Waals surface area contributed by atoms with Crippen molar-refractivity contribution in [3.63, 3.8) is 0 Å². The molecule has 5 nitrogen and oxygen atoms in total. The summed E-state index contributed by atoms with van der Waals surface area (Å²) in [6.07, 6.45) is 2.32. The molecule has 0 bridgehead atoms. The molecule has 2 aromatic rings. The van der Waals surface area contributed by atoms with Crippen molar-refractivity contribution in [3.8, 4) is 0 Å². The number of aliphatic hydroxyl groups excluding tert-OH is 1. The maximum Gasteiger partial charge on any atom is 0.0785 e. The molecule has 0 heterocycles. The van der Waals surface area contributed by atoms with E-state index in [1.54, 1.807) is 5.01 Å². The highest BCUT2D eigenvalue weighted by atomic mass is 16.5. The third kappa shape index (κ3) is 7.66. The van der Waals surface area contributed by atoms with Crippen molar-refractivity contribution in [2.24, 2.45) is 11.8 Å². The first-order valence-corrected chi connectivity index (χ1v) is 10.2. The molecule has 0 radical (unpaired) electrons. The van der Waals surface area contributed by atoms with Crippen molar-refractivity contribution in [1.29, 1.82) is 0 Å². The van der Waals surface area contributed by atoms with Crippen molar-refractivity contribution in [1.82, 2.24) is 0 Å². The zero-order valence-electron chi connectivity index (χ0n) is 18.9. The van der Waals surface area contributed by atoms with Gasteiger partial charge in [-0.1, -0.05) is 58.4 Å². The fourth-order valence-corrected chi connectivity index (χ4v) is 2.86. The fourth-order valence-electron chi connectivity index (χ4n) is 2.86. The normalized spacial score (nSPS) is 10.2. The number of rotatable bonds is 7. The lowest BCUT2D eigenvalue weighted by Crippen LogP contribution is -2.35. The van der Waals surface area contributed by atoms with Gasteiger partial charge in [-0.3, -0.25) is 0 Å². The van der Waals surface area contributed by atoms with Gasteiger partial charge in [-0.2, -0.15) is 0 Å². The number of anilines is 2. The Balaban J connectivity index is 0.00000133. The van der Waals surface area contributed by atoms with E-state index in [1.165, 1.54) is 17.2 Å². The SMILES string of the molecule is CCC.CO.Cc1c(N)c(N(N)CCOCCC(C)C)c(C)c2ccccc12. The number of ether oxygens (including phenoxy) is 1. The van der Waals surface area contributed by atoms with Crippen LogP contribution in [0.5, 0.6) is 0 Å². The van der Waals surface area contributed by atoms with E-state index in [9.17, 15) is 0 Å². The molecule has 0 saturated heterocycles. The smallest absolute Gasteiger partial charge is 0.0785 e. The number of hydrogen-bond donors (Lipinski definition) is 3. The number of benzene rings is 2. The zero-order valence-corrected chi connectivity index (χ0v) is 18.9. The molecule has 0 saturated carbocycles. The lowest BCUT2D eigenvalue weighted by Gasteiger charge is -2.25. The number of nitrogens with zero attached hydrogens (tertiary/aromatic N) is 1. The quantitative estimate of drug-likeness (QED) is 0.273. The molecule has 0 aliphatic rings. The van der Waals surface area contributed by atoms with E-state index in [4.69, 9.17) is 21.4 Å². The minimum Gasteiger partial charge on any atom is -0.400 e. The molecule has 2 rings (SSSR count). The number of hydrogen-bond acceptors (Lipinski definition) is 5. The van der Waals surface area contributed by atoms with E-state index in [1.807, 2.05) is 19.1 Å². The Kier molecular flexibility index (Phi) is 13.3. The molecule has 0 fully saturated rings. The third-order valence-corrected chi connectivity index (χ3v) is 4.35. The standard InChI is InChI=1S/C19H29N3O.C3H8.CH4O/c1-13(2)9-11-23-12-10-22(21)19-15(4)17-8-6-5-7-16(17)14(3)18(19)20;1-3-2;1-2/h5-8,13H,9-12,20-21H2,1-4H3;3H2,1-2H3;2H,1H3. The number of fused-ring (bicyclic) bond motifs is 1. The molecular formula is C23H41N3O2. The van der Waals surface area contributed by atoms with Crippen LogP contribution < -0.4 is 16.6 Å². The largest absolute Gasteiger partial charge is 0.400 e. The van der Waals surface area contributed by atoms with Crippen LogP contribution in [0.2, 0.25) is 0 Å². The number of hydrazine groups is 1. The summed E-state index contributed by atoms with van der Waals surface area (Å²) in [5, 5.41) is 11.1. The Morgan fingerprint density at radius 1 is 1.00 bits per heavy atom. The highest BCUT2D eigenvalue weighted by Crippen LogP contribution is 2.36. The Hall–Kier alpha value is -1.82. The molecule has 0 atom stereocenters. The minimum absolute atomic E-state index is 0.605. The predicted octanol–water partition coefficient (Wildman–Crippen LogP) is 4.81. The highest BCUT2D eigenvalue weighted by Gasteiger charge is 2.16. The lowest BCUT2D eigenvalue weighted by molar-refractivity contribution is 0.129. The molecule has 2 aromatic carbocycles. The predicted molar refractivity (Wildman–Crippen MR) is 124 cm³/mol. The zero-order chi connectivity index (χ0) is 21.7. The number of nitrogen functional groups attached to an aromatic ring is 1. The molecule has 160 valence electrons. The van der Waals surface area contributed by atoms with Crippen LogP contribution in [0, 0.1) is 19.8 Å². The highest BCUT2D eigenvalue weighted by molar-refractivity contribution is 5.99. The van der Waals surface area contributed by atoms with E-state index < -0.39 is 0 Å². The molecule has 0 aromatic heterocycles. The summed E-state index contributed by atoms with van der Waals surface area (Å²) in [6.45, 7) is 14.8. The number of nitrogens with two attached hydrogens (primary N) is 2. The molecule has 0 amide bonds. The van der Waals surface area contributed by atoms with Crippen molar-refractivity contribution in [3.05, 3.63) is 35.4 Å². The van der Waals surface area contributed by atoms with Crippen LogP contribution in [-0.2, 0) is 4.74 Å². The molecule has 5 N–H and O–H groups in total. The Morgan fingerprint density at radius 3 is 2.00 bits per heavy atom. The summed E-state index contributed by atoms with van der Waals surface area (Å²) in [6, 6.07) is 8.31. The second kappa shape index (κ2) is 14.2. The van der Waals surface area contributed by atoms with Crippen LogP contribution in [0.4, 0.5) is 11.4 Å². The van der Waals surface area contributed by atoms with Gasteiger partial charge in [0, 0.05) is 13.7 Å². The maximum atomic E-state index is 7.00. The van der Waals surface area contributed by atoms with Crippen molar-refractivity contribution in [2.45, 2.75) is 54.4 Å². The molecular weight excluding hydrogens is 350 g/mol. The second-order valence-electron chi connectivity index (χ2n) is 7.25. The lowest BCUT2D eigenvalue weighted by atomic mass is 9.97. The first kappa shape index (κ1) is 26.2. The third-order valence-electron chi connectivity index (χ3n) is 4.35. The first-order chi connectivity index (χ1) is 13.3. The van der Waals surface area contributed by atoms with Crippen LogP contribution in [-0.4, -0.2) is 32.0 Å². The molecule has 0 spiro atoms. The van der Waals surface area contributed by atoms with E-state index in [-0.39, 0.29) is 0 Å². The van der Waals surface area contributed by atoms with Crippen LogP contribution in [0.15, 0.2) is 24.3 Å². The van der Waals surface area contributed by atoms with E-state index in [0.717, 1.165) is 42.6 Å². The van der Waals surface area contributed by atoms with Crippen LogP contribution in [0.25, 0.3) is 10.8 Å². The Bertz CT molecular complexity index is 687. The summed E-state index contributed by atoms with van der Waals surface area (Å²) in [5.41, 5.74) is 10.2. The fraction of sp³-hybridized carbons (Fsp3) is 0.565. The van der Waals surface area contributed by atoms with Gasteiger partial charge in [0.15, 0.2) is 0 Å². The summed E-state index contributed by atoms with van der Waals surface area (Å²) < 4.78 is 5.67. The molecule has 0 aliphatic carbocycles. The summed E-state index contributed by atoms with van der Waals surface area (Å²) in [4.78, 5) is 0. The van der Waals surface area contributed by atoms with Gasteiger partial charge in [0.05, 0.1) is 24.5 Å². The van der Waals surface area contributed by atoms with Crippen molar-refractivity contribution >= 4 is 22.1 Å². The summed E-state index contributed by atoms with van der Waals surface area (Å²) in [5.74, 6) is 6.93. The summed E-state index contributed by atoms with van der Waals surface area (Å²) in [7, 11) is 1.00. The van der Waals surface area contributed by atoms with E-state index in [0.29, 0.717) is 19.1 Å². The van der Waals surface area contributed by atoms with Gasteiger partial charge in [-0.15, -0.1) is 0 Å². The Labute approximate surface area is 171 Å². The van der Waals surface area contributed by atoms with Gasteiger partial charge in [-0.25, -0.2) is 5.84 Å². The molecule has 28 heavy (non-hydrogen) atoms. The van der Waals surface area contributed by atoms with E-state index in [2.05, 4.69) is 46.8 Å². The average Bonchev–Trinajstić information content (AvgIpc) is 2.68. The van der Waals surface area contributed by atoms with Crippen molar-refractivity contribution in [2.75, 3.05) is 37.6 Å². The maximum absolute atomic E-state index is 7.00. The molecule has 0 aliphatic heterocycles. The van der Waals surface area contributed by atoms with Gasteiger partial charge >= 0.3 is 0 Å². The van der Waals surface area contributed by atoms with Gasteiger partial charge in [-0.05, 0) is 48.1 Å². The van der Waals surface area contributed by atoms with Crippen LogP contribution in [0.3, 0.4) is 0 Å². The number of aryl methyl sites for hydroxylation is 2. The van der Waals surface area contributed by atoms with E-state index >= 15 is 0 Å². The Morgan fingerprint density at radius 2 is 1.50 bits per heavy atom.